The molecule has 6 nitrogen and oxygen atoms in total. The molecule has 0 saturated carbocycles. The summed E-state index contributed by atoms with van der Waals surface area (Å²) in [6.07, 6.45) is 0.276. The van der Waals surface area contributed by atoms with Gasteiger partial charge in [-0.25, -0.2) is 4.98 Å². The molecule has 4 aromatic rings. The normalized spacial score (nSPS) is 11.4. The molecule has 0 aliphatic carbocycles. The van der Waals surface area contributed by atoms with Gasteiger partial charge in [-0.3, -0.25) is 14.8 Å². The largest absolute Gasteiger partial charge is 0.305 e. The Labute approximate surface area is 182 Å². The van der Waals surface area contributed by atoms with Crippen molar-refractivity contribution < 1.29 is 4.79 Å². The van der Waals surface area contributed by atoms with Crippen LogP contribution in [0, 0.1) is 20.8 Å². The Kier molecular flexibility index (Phi) is 5.63. The molecule has 6 heteroatoms. The lowest BCUT2D eigenvalue weighted by atomic mass is 10.1. The van der Waals surface area contributed by atoms with Crippen LogP contribution in [0.5, 0.6) is 0 Å². The number of carbonyl (C=O) groups is 1. The summed E-state index contributed by atoms with van der Waals surface area (Å²) in [6, 6.07) is 16.5. The van der Waals surface area contributed by atoms with Crippen LogP contribution >= 0.6 is 0 Å². The van der Waals surface area contributed by atoms with Gasteiger partial charge in [-0.2, -0.15) is 5.10 Å². The topological polar surface area (TPSA) is 64.7 Å². The first kappa shape index (κ1) is 20.8. The average molecular weight is 416 g/mol. The van der Waals surface area contributed by atoms with Crippen molar-refractivity contribution >= 4 is 22.9 Å². The van der Waals surface area contributed by atoms with Crippen molar-refractivity contribution in [1.82, 2.24) is 19.3 Å². The van der Waals surface area contributed by atoms with Crippen LogP contribution in [0.4, 0.5) is 5.95 Å². The van der Waals surface area contributed by atoms with Crippen LogP contribution in [-0.4, -0.2) is 25.2 Å². The summed E-state index contributed by atoms with van der Waals surface area (Å²) in [5.41, 5.74) is 7.20. The monoisotopic (exact) mass is 415 g/mol. The maximum absolute atomic E-state index is 13.0. The summed E-state index contributed by atoms with van der Waals surface area (Å²) in [5.74, 6) is 0.483. The molecule has 31 heavy (non-hydrogen) atoms. The number of aryl methyl sites for hydroxylation is 2. The van der Waals surface area contributed by atoms with E-state index in [9.17, 15) is 4.79 Å². The lowest BCUT2D eigenvalue weighted by Gasteiger charge is -2.12. The van der Waals surface area contributed by atoms with Gasteiger partial charge in [0.25, 0.3) is 0 Å². The Morgan fingerprint density at radius 1 is 1.03 bits per heavy atom. The van der Waals surface area contributed by atoms with Gasteiger partial charge in [0.15, 0.2) is 0 Å². The number of nitrogens with zero attached hydrogens (tertiary/aromatic N) is 4. The van der Waals surface area contributed by atoms with Crippen LogP contribution in [0.2, 0.25) is 0 Å². The first-order valence-electron chi connectivity index (χ1n) is 10.7. The fourth-order valence-corrected chi connectivity index (χ4v) is 4.07. The van der Waals surface area contributed by atoms with E-state index < -0.39 is 0 Å². The maximum atomic E-state index is 13.0. The number of imidazole rings is 1. The van der Waals surface area contributed by atoms with E-state index in [1.807, 2.05) is 54.9 Å². The van der Waals surface area contributed by atoms with E-state index in [1.165, 1.54) is 11.1 Å². The smallest absolute Gasteiger partial charge is 0.231 e. The highest BCUT2D eigenvalue weighted by molar-refractivity contribution is 5.93. The Balaban J connectivity index is 1.64. The summed E-state index contributed by atoms with van der Waals surface area (Å²) in [5, 5.41) is 7.66. The van der Waals surface area contributed by atoms with Gasteiger partial charge >= 0.3 is 0 Å². The van der Waals surface area contributed by atoms with Crippen molar-refractivity contribution in [1.29, 1.82) is 0 Å². The zero-order chi connectivity index (χ0) is 22.1. The molecule has 0 saturated heterocycles. The third kappa shape index (κ3) is 4.10. The van der Waals surface area contributed by atoms with Crippen molar-refractivity contribution in [3.05, 3.63) is 76.6 Å². The number of carbonyl (C=O) groups excluding carboxylic acids is 1. The van der Waals surface area contributed by atoms with Gasteiger partial charge in [0, 0.05) is 17.3 Å². The van der Waals surface area contributed by atoms with Gasteiger partial charge in [0.05, 0.1) is 29.7 Å². The highest BCUT2D eigenvalue weighted by Gasteiger charge is 2.19. The van der Waals surface area contributed by atoms with Crippen molar-refractivity contribution in [2.24, 2.45) is 0 Å². The number of anilines is 1. The molecule has 2 heterocycles. The molecule has 0 spiro atoms. The molecule has 0 bridgehead atoms. The fourth-order valence-electron chi connectivity index (χ4n) is 4.07. The maximum Gasteiger partial charge on any atom is 0.231 e. The Bertz CT molecular complexity index is 1250. The van der Waals surface area contributed by atoms with Crippen LogP contribution in [0.25, 0.3) is 11.0 Å². The van der Waals surface area contributed by atoms with E-state index in [2.05, 4.69) is 47.9 Å². The van der Waals surface area contributed by atoms with Crippen LogP contribution in [0.3, 0.4) is 0 Å². The fraction of sp³-hybridized carbons (Fsp3) is 0.320. The lowest BCUT2D eigenvalue weighted by molar-refractivity contribution is -0.115. The predicted octanol–water partition coefficient (Wildman–Crippen LogP) is 4.97. The predicted molar refractivity (Wildman–Crippen MR) is 124 cm³/mol. The summed E-state index contributed by atoms with van der Waals surface area (Å²) in [7, 11) is 0. The van der Waals surface area contributed by atoms with Gasteiger partial charge < -0.3 is 4.57 Å². The highest BCUT2D eigenvalue weighted by Crippen LogP contribution is 2.23. The molecule has 0 aliphatic rings. The molecule has 0 unspecified atom stereocenters. The van der Waals surface area contributed by atoms with Crippen LogP contribution in [0.1, 0.15) is 48.0 Å². The molecule has 0 fully saturated rings. The Morgan fingerprint density at radius 3 is 2.45 bits per heavy atom. The number of nitrogens with one attached hydrogen (secondary N) is 1. The number of hydrogen-bond donors (Lipinski definition) is 1. The second-order valence-electron chi connectivity index (χ2n) is 8.35. The SMILES string of the molecule is Cc1ccccc1Cn1c(NC(=O)Cc2c(C)nn(C(C)C)c2C)nc2ccccc21. The molecule has 0 atom stereocenters. The van der Waals surface area contributed by atoms with E-state index in [1.54, 1.807) is 0 Å². The quantitative estimate of drug-likeness (QED) is 0.484. The summed E-state index contributed by atoms with van der Waals surface area (Å²) < 4.78 is 4.05. The third-order valence-electron chi connectivity index (χ3n) is 5.80. The van der Waals surface area contributed by atoms with Gasteiger partial charge in [-0.15, -0.1) is 0 Å². The average Bonchev–Trinajstić information content (AvgIpc) is 3.21. The van der Waals surface area contributed by atoms with Crippen molar-refractivity contribution in [3.63, 3.8) is 0 Å². The van der Waals surface area contributed by atoms with Gasteiger partial charge in [-0.1, -0.05) is 36.4 Å². The second-order valence-corrected chi connectivity index (χ2v) is 8.35. The van der Waals surface area contributed by atoms with Crippen molar-refractivity contribution in [2.45, 2.75) is 53.6 Å². The van der Waals surface area contributed by atoms with E-state index >= 15 is 0 Å². The molecule has 160 valence electrons. The number of amides is 1. The standard InChI is InChI=1S/C25H29N5O/c1-16(2)30-19(5)21(18(4)28-30)14-24(31)27-25-26-22-12-8-9-13-23(22)29(25)15-20-11-7-6-10-17(20)3/h6-13,16H,14-15H2,1-5H3,(H,26,27,31). The van der Waals surface area contributed by atoms with Crippen LogP contribution < -0.4 is 5.32 Å². The number of benzene rings is 2. The molecular weight excluding hydrogens is 386 g/mol. The van der Waals surface area contributed by atoms with E-state index in [-0.39, 0.29) is 18.4 Å². The molecular formula is C25H29N5O. The van der Waals surface area contributed by atoms with E-state index in [0.29, 0.717) is 12.5 Å². The third-order valence-corrected chi connectivity index (χ3v) is 5.80. The van der Waals surface area contributed by atoms with Crippen LogP contribution in [-0.2, 0) is 17.8 Å². The minimum Gasteiger partial charge on any atom is -0.305 e. The number of hydrogen-bond acceptors (Lipinski definition) is 3. The molecule has 2 aromatic heterocycles. The Morgan fingerprint density at radius 2 is 1.74 bits per heavy atom. The first-order valence-corrected chi connectivity index (χ1v) is 10.7. The first-order chi connectivity index (χ1) is 14.8. The van der Waals surface area contributed by atoms with Crippen molar-refractivity contribution in [2.75, 3.05) is 5.32 Å². The van der Waals surface area contributed by atoms with Crippen LogP contribution in [0.15, 0.2) is 48.5 Å². The van der Waals surface area contributed by atoms with Gasteiger partial charge in [0.1, 0.15) is 0 Å². The second kappa shape index (κ2) is 8.38. The zero-order valence-electron chi connectivity index (χ0n) is 18.8. The lowest BCUT2D eigenvalue weighted by Crippen LogP contribution is -2.19. The number of fused-ring (bicyclic) bond motifs is 1. The van der Waals surface area contributed by atoms with Gasteiger partial charge in [0.2, 0.25) is 11.9 Å². The zero-order valence-corrected chi connectivity index (χ0v) is 18.8. The molecule has 1 amide bonds. The number of para-hydroxylation sites is 2. The highest BCUT2D eigenvalue weighted by atomic mass is 16.1. The van der Waals surface area contributed by atoms with E-state index in [0.717, 1.165) is 28.0 Å². The van der Waals surface area contributed by atoms with Gasteiger partial charge in [-0.05, 0) is 57.9 Å². The Hall–Kier alpha value is -3.41. The molecule has 4 rings (SSSR count). The van der Waals surface area contributed by atoms with Crippen molar-refractivity contribution in [3.8, 4) is 0 Å². The minimum absolute atomic E-state index is 0.0872. The minimum atomic E-state index is -0.0872. The molecule has 0 radical (unpaired) electrons. The summed E-state index contributed by atoms with van der Waals surface area (Å²) in [4.78, 5) is 17.7. The molecule has 1 N–H and O–H groups in total. The summed E-state index contributed by atoms with van der Waals surface area (Å²) >= 11 is 0. The van der Waals surface area contributed by atoms with E-state index in [4.69, 9.17) is 4.98 Å². The summed E-state index contributed by atoms with van der Waals surface area (Å²) in [6.45, 7) is 10.9. The number of rotatable bonds is 6. The molecule has 2 aromatic carbocycles. The number of aromatic nitrogens is 4. The molecule has 0 aliphatic heterocycles.